The Hall–Kier alpha value is -2.75. The molecule has 2 rings (SSSR count). The Labute approximate surface area is 142 Å². The average molecular weight is 326 g/mol. The molecule has 0 spiro atoms. The molecule has 4 nitrogen and oxygen atoms in total. The number of hydrogen-bond donors (Lipinski definition) is 0. The second-order valence-electron chi connectivity index (χ2n) is 5.40. The first-order valence-electron chi connectivity index (χ1n) is 7.60. The van der Waals surface area contributed by atoms with Crippen LogP contribution in [0.2, 0.25) is 0 Å². The van der Waals surface area contributed by atoms with Gasteiger partial charge in [0.25, 0.3) is 0 Å². The monoisotopic (exact) mass is 326 g/mol. The third-order valence-corrected chi connectivity index (χ3v) is 4.03. The summed E-state index contributed by atoms with van der Waals surface area (Å²) in [5.41, 5.74) is 4.56. The van der Waals surface area contributed by atoms with E-state index in [9.17, 15) is 4.79 Å². The molecule has 2 aromatic carbocycles. The van der Waals surface area contributed by atoms with Gasteiger partial charge in [-0.3, -0.25) is 0 Å². The van der Waals surface area contributed by atoms with E-state index in [2.05, 4.69) is 0 Å². The summed E-state index contributed by atoms with van der Waals surface area (Å²) in [4.78, 5) is 11.5. The number of esters is 1. The first-order valence-corrected chi connectivity index (χ1v) is 7.60. The molecule has 0 fully saturated rings. The highest BCUT2D eigenvalue weighted by Gasteiger charge is 2.12. The van der Waals surface area contributed by atoms with Crippen molar-refractivity contribution < 1.29 is 19.0 Å². The summed E-state index contributed by atoms with van der Waals surface area (Å²) in [5, 5.41) is 0. The maximum atomic E-state index is 11.5. The fraction of sp³-hybridized carbons (Fsp3) is 0.250. The van der Waals surface area contributed by atoms with E-state index < -0.39 is 0 Å². The summed E-state index contributed by atoms with van der Waals surface area (Å²) in [6.07, 6.45) is 3.94. The molecule has 0 aliphatic rings. The Bertz CT molecular complexity index is 758. The van der Waals surface area contributed by atoms with Crippen LogP contribution in [0.4, 0.5) is 0 Å². The van der Waals surface area contributed by atoms with E-state index in [0.29, 0.717) is 5.56 Å². The van der Waals surface area contributed by atoms with Crippen molar-refractivity contribution in [2.75, 3.05) is 21.3 Å². The van der Waals surface area contributed by atoms with E-state index in [1.807, 2.05) is 44.2 Å². The lowest BCUT2D eigenvalue weighted by molar-refractivity contribution is 0.0600. The Kier molecular flexibility index (Phi) is 5.64. The van der Waals surface area contributed by atoms with E-state index in [0.717, 1.165) is 33.8 Å². The van der Waals surface area contributed by atoms with E-state index in [-0.39, 0.29) is 5.97 Å². The highest BCUT2D eigenvalue weighted by molar-refractivity contribution is 5.89. The van der Waals surface area contributed by atoms with Gasteiger partial charge in [0.1, 0.15) is 11.5 Å². The van der Waals surface area contributed by atoms with Crippen LogP contribution >= 0.6 is 0 Å². The number of carbonyl (C=O) groups is 1. The third kappa shape index (κ3) is 3.59. The largest absolute Gasteiger partial charge is 0.496 e. The van der Waals surface area contributed by atoms with Crippen LogP contribution in [0.3, 0.4) is 0 Å². The van der Waals surface area contributed by atoms with Crippen molar-refractivity contribution in [3.63, 3.8) is 0 Å². The molecular formula is C20H22O4. The number of methoxy groups -OCH3 is 3. The quantitative estimate of drug-likeness (QED) is 0.608. The number of hydrogen-bond acceptors (Lipinski definition) is 4. The van der Waals surface area contributed by atoms with Gasteiger partial charge in [-0.2, -0.15) is 0 Å². The molecule has 0 aliphatic heterocycles. The number of rotatable bonds is 5. The number of ether oxygens (including phenoxy) is 3. The molecule has 0 atom stereocenters. The zero-order valence-electron chi connectivity index (χ0n) is 14.7. The zero-order chi connectivity index (χ0) is 17.7. The topological polar surface area (TPSA) is 44.8 Å². The second-order valence-corrected chi connectivity index (χ2v) is 5.40. The normalized spacial score (nSPS) is 10.7. The number of carbonyl (C=O) groups excluding carboxylic acids is 1. The molecule has 0 aliphatic carbocycles. The van der Waals surface area contributed by atoms with E-state index in [1.54, 1.807) is 26.4 Å². The van der Waals surface area contributed by atoms with Gasteiger partial charge in [-0.15, -0.1) is 0 Å². The standard InChI is InChI=1S/C20H22O4/c1-13-14(2)19(23-4)17(12-18(13)22-3)11-8-15-6-9-16(10-7-15)20(21)24-5/h6-12H,1-5H3. The van der Waals surface area contributed by atoms with E-state index in [1.165, 1.54) is 7.11 Å². The van der Waals surface area contributed by atoms with Gasteiger partial charge >= 0.3 is 5.97 Å². The molecular weight excluding hydrogens is 304 g/mol. The Balaban J connectivity index is 2.34. The van der Waals surface area contributed by atoms with Crippen LogP contribution in [-0.4, -0.2) is 27.3 Å². The minimum atomic E-state index is -0.342. The lowest BCUT2D eigenvalue weighted by atomic mass is 10.0. The van der Waals surface area contributed by atoms with Crippen molar-refractivity contribution in [2.45, 2.75) is 13.8 Å². The van der Waals surface area contributed by atoms with Crippen molar-refractivity contribution in [2.24, 2.45) is 0 Å². The van der Waals surface area contributed by atoms with Crippen LogP contribution in [0.15, 0.2) is 30.3 Å². The first kappa shape index (κ1) is 17.6. The summed E-state index contributed by atoms with van der Waals surface area (Å²) in [5.74, 6) is 1.32. The molecule has 126 valence electrons. The molecule has 0 N–H and O–H groups in total. The highest BCUT2D eigenvalue weighted by atomic mass is 16.5. The van der Waals surface area contributed by atoms with Crippen molar-refractivity contribution in [3.8, 4) is 11.5 Å². The van der Waals surface area contributed by atoms with Gasteiger partial charge in [0.2, 0.25) is 0 Å². The zero-order valence-corrected chi connectivity index (χ0v) is 14.7. The van der Waals surface area contributed by atoms with Crippen molar-refractivity contribution >= 4 is 18.1 Å². The predicted molar refractivity (Wildman–Crippen MR) is 95.7 cm³/mol. The molecule has 0 saturated heterocycles. The van der Waals surface area contributed by atoms with Crippen molar-refractivity contribution in [3.05, 3.63) is 58.1 Å². The second kappa shape index (κ2) is 7.68. The van der Waals surface area contributed by atoms with E-state index >= 15 is 0 Å². The summed E-state index contributed by atoms with van der Waals surface area (Å²) >= 11 is 0. The van der Waals surface area contributed by atoms with Gasteiger partial charge < -0.3 is 14.2 Å². The van der Waals surface area contributed by atoms with Gasteiger partial charge in [-0.05, 0) is 48.7 Å². The molecule has 0 bridgehead atoms. The van der Waals surface area contributed by atoms with Gasteiger partial charge in [-0.25, -0.2) is 4.79 Å². The van der Waals surface area contributed by atoms with Crippen LogP contribution < -0.4 is 9.47 Å². The molecule has 0 heterocycles. The fourth-order valence-electron chi connectivity index (χ4n) is 2.53. The van der Waals surface area contributed by atoms with Crippen molar-refractivity contribution in [1.29, 1.82) is 0 Å². The minimum absolute atomic E-state index is 0.342. The SMILES string of the molecule is COC(=O)c1ccc(C=Cc2cc(OC)c(C)c(C)c2OC)cc1. The summed E-state index contributed by atoms with van der Waals surface area (Å²) in [6.45, 7) is 4.02. The van der Waals surface area contributed by atoms with Crippen LogP contribution in [0.5, 0.6) is 11.5 Å². The molecule has 2 aromatic rings. The predicted octanol–water partition coefficient (Wildman–Crippen LogP) is 4.28. The molecule has 24 heavy (non-hydrogen) atoms. The highest BCUT2D eigenvalue weighted by Crippen LogP contribution is 2.34. The smallest absolute Gasteiger partial charge is 0.337 e. The van der Waals surface area contributed by atoms with Gasteiger partial charge in [0, 0.05) is 5.56 Å². The lowest BCUT2D eigenvalue weighted by Gasteiger charge is -2.15. The summed E-state index contributed by atoms with van der Waals surface area (Å²) in [7, 11) is 4.69. The van der Waals surface area contributed by atoms with Crippen LogP contribution in [0, 0.1) is 13.8 Å². The number of benzene rings is 2. The molecule has 4 heteroatoms. The molecule has 0 radical (unpaired) electrons. The van der Waals surface area contributed by atoms with Crippen LogP contribution in [0.25, 0.3) is 12.2 Å². The maximum Gasteiger partial charge on any atom is 0.337 e. The first-order chi connectivity index (χ1) is 11.5. The fourth-order valence-corrected chi connectivity index (χ4v) is 2.53. The Morgan fingerprint density at radius 3 is 2.12 bits per heavy atom. The van der Waals surface area contributed by atoms with Crippen molar-refractivity contribution in [1.82, 2.24) is 0 Å². The van der Waals surface area contributed by atoms with E-state index in [4.69, 9.17) is 14.2 Å². The Morgan fingerprint density at radius 2 is 1.58 bits per heavy atom. The lowest BCUT2D eigenvalue weighted by Crippen LogP contribution is -2.00. The summed E-state index contributed by atoms with van der Waals surface area (Å²) < 4.78 is 15.7. The summed E-state index contributed by atoms with van der Waals surface area (Å²) in [6, 6.07) is 9.18. The van der Waals surface area contributed by atoms with Gasteiger partial charge in [-0.1, -0.05) is 24.3 Å². The molecule has 0 amide bonds. The van der Waals surface area contributed by atoms with Crippen LogP contribution in [0.1, 0.15) is 32.6 Å². The van der Waals surface area contributed by atoms with Crippen LogP contribution in [-0.2, 0) is 4.74 Å². The minimum Gasteiger partial charge on any atom is -0.496 e. The Morgan fingerprint density at radius 1 is 0.917 bits per heavy atom. The third-order valence-electron chi connectivity index (χ3n) is 4.03. The van der Waals surface area contributed by atoms with Gasteiger partial charge in [0.05, 0.1) is 26.9 Å². The molecule has 0 saturated carbocycles. The molecule has 0 unspecified atom stereocenters. The molecule has 0 aromatic heterocycles. The maximum absolute atomic E-state index is 11.5. The van der Waals surface area contributed by atoms with Gasteiger partial charge in [0.15, 0.2) is 0 Å². The average Bonchev–Trinajstić information content (AvgIpc) is 2.62.